The number of para-hydroxylation sites is 2. The predicted molar refractivity (Wildman–Crippen MR) is 179 cm³/mol. The second-order valence-electron chi connectivity index (χ2n) is 12.5. The Morgan fingerprint density at radius 2 is 1.68 bits per heavy atom. The highest BCUT2D eigenvalue weighted by atomic mass is 32.2. The van der Waals surface area contributed by atoms with Gasteiger partial charge in [-0.3, -0.25) is 14.4 Å². The molecule has 3 heterocycles. The number of aliphatic hydroxyl groups excluding tert-OH is 1. The quantitative estimate of drug-likeness (QED) is 0.317. The van der Waals surface area contributed by atoms with Gasteiger partial charge in [-0.05, 0) is 55.9 Å². The lowest BCUT2D eigenvalue weighted by Crippen LogP contribution is -2.59. The van der Waals surface area contributed by atoms with E-state index in [-0.39, 0.29) is 42.0 Å². The van der Waals surface area contributed by atoms with Crippen LogP contribution < -0.4 is 9.80 Å². The lowest BCUT2D eigenvalue weighted by molar-refractivity contribution is -0.143. The number of amides is 3. The second kappa shape index (κ2) is 12.9. The van der Waals surface area contributed by atoms with E-state index in [2.05, 4.69) is 13.2 Å². The van der Waals surface area contributed by atoms with Crippen LogP contribution in [0.4, 0.5) is 11.4 Å². The standard InChI is InChI=1S/C36H45N3O4S/c1-7-20-37(26-16-11-10-12-17-26)33(41)29-28-18-19-36(44-28)30(29)34(42)39(27(22-40)23(4)9-3)32(36)35(43)38(21-8-2)31-24(5)14-13-15-25(31)6/h7-8,10-17,23,27-30,32,40H,1-2,9,18-22H2,3-6H3/t23-,27-,28-,29+,30-,32?,36?/m0/s1. The fourth-order valence-corrected chi connectivity index (χ4v) is 10.1. The molecule has 8 heteroatoms. The van der Waals surface area contributed by atoms with Gasteiger partial charge in [0.15, 0.2) is 0 Å². The molecule has 2 aromatic rings. The van der Waals surface area contributed by atoms with Crippen LogP contribution in [-0.2, 0) is 14.4 Å². The zero-order valence-electron chi connectivity index (χ0n) is 26.3. The van der Waals surface area contributed by atoms with Crippen molar-refractivity contribution in [3.8, 4) is 0 Å². The Hall–Kier alpha value is -3.36. The molecule has 44 heavy (non-hydrogen) atoms. The normalized spacial score (nSPS) is 26.7. The van der Waals surface area contributed by atoms with Crippen molar-refractivity contribution in [1.82, 2.24) is 4.90 Å². The summed E-state index contributed by atoms with van der Waals surface area (Å²) in [5.74, 6) is -1.75. The monoisotopic (exact) mass is 615 g/mol. The molecule has 0 aromatic heterocycles. The number of fused-ring (bicyclic) bond motifs is 1. The van der Waals surface area contributed by atoms with E-state index in [1.165, 1.54) is 0 Å². The molecular weight excluding hydrogens is 570 g/mol. The third-order valence-electron chi connectivity index (χ3n) is 10.0. The van der Waals surface area contributed by atoms with Gasteiger partial charge in [0.2, 0.25) is 11.8 Å². The summed E-state index contributed by atoms with van der Waals surface area (Å²) < 4.78 is -0.771. The van der Waals surface area contributed by atoms with Crippen molar-refractivity contribution in [3.05, 3.63) is 85.0 Å². The van der Waals surface area contributed by atoms with Crippen LogP contribution in [0.5, 0.6) is 0 Å². The van der Waals surface area contributed by atoms with Crippen molar-refractivity contribution >= 4 is 40.9 Å². The van der Waals surface area contributed by atoms with Crippen molar-refractivity contribution < 1.29 is 19.5 Å². The summed E-state index contributed by atoms with van der Waals surface area (Å²) in [5, 5.41) is 10.7. The van der Waals surface area contributed by atoms with Gasteiger partial charge in [-0.25, -0.2) is 0 Å². The lowest BCUT2D eigenvalue weighted by Gasteiger charge is -2.41. The Morgan fingerprint density at radius 3 is 2.27 bits per heavy atom. The van der Waals surface area contributed by atoms with Crippen LogP contribution in [0.3, 0.4) is 0 Å². The Balaban J connectivity index is 1.64. The lowest BCUT2D eigenvalue weighted by atomic mass is 9.70. The average molecular weight is 616 g/mol. The minimum Gasteiger partial charge on any atom is -0.394 e. The second-order valence-corrected chi connectivity index (χ2v) is 14.1. The fraction of sp³-hybridized carbons (Fsp3) is 0.472. The van der Waals surface area contributed by atoms with Gasteiger partial charge in [0, 0.05) is 29.7 Å². The highest BCUT2D eigenvalue weighted by Crippen LogP contribution is 2.67. The number of hydrogen-bond acceptors (Lipinski definition) is 5. The van der Waals surface area contributed by atoms with Gasteiger partial charge in [0.1, 0.15) is 6.04 Å². The molecule has 3 amide bonds. The van der Waals surface area contributed by atoms with E-state index < -0.39 is 28.7 Å². The Kier molecular flexibility index (Phi) is 9.42. The molecule has 0 saturated carbocycles. The summed E-state index contributed by atoms with van der Waals surface area (Å²) in [7, 11) is 0. The van der Waals surface area contributed by atoms with Crippen LogP contribution in [0.1, 0.15) is 44.2 Å². The summed E-state index contributed by atoms with van der Waals surface area (Å²) in [6.45, 7) is 16.2. The fourth-order valence-electron chi connectivity index (χ4n) is 7.86. The van der Waals surface area contributed by atoms with Crippen molar-refractivity contribution in [2.45, 2.75) is 69.0 Å². The topological polar surface area (TPSA) is 81.2 Å². The summed E-state index contributed by atoms with van der Waals surface area (Å²) in [6, 6.07) is 14.1. The van der Waals surface area contributed by atoms with Crippen molar-refractivity contribution in [3.63, 3.8) is 0 Å². The molecule has 234 valence electrons. The van der Waals surface area contributed by atoms with E-state index in [0.717, 1.165) is 35.3 Å². The van der Waals surface area contributed by atoms with Gasteiger partial charge in [0.05, 0.1) is 29.2 Å². The molecule has 2 unspecified atom stereocenters. The first-order valence-corrected chi connectivity index (χ1v) is 16.6. The van der Waals surface area contributed by atoms with Crippen LogP contribution in [-0.4, -0.2) is 69.5 Å². The molecule has 0 radical (unpaired) electrons. The number of aryl methyl sites for hydroxylation is 2. The summed E-state index contributed by atoms with van der Waals surface area (Å²) >= 11 is 1.66. The van der Waals surface area contributed by atoms with E-state index >= 15 is 4.79 Å². The van der Waals surface area contributed by atoms with E-state index in [9.17, 15) is 14.7 Å². The van der Waals surface area contributed by atoms with Crippen LogP contribution in [0.2, 0.25) is 0 Å². The van der Waals surface area contributed by atoms with Gasteiger partial charge < -0.3 is 19.8 Å². The van der Waals surface area contributed by atoms with Gasteiger partial charge in [-0.2, -0.15) is 0 Å². The van der Waals surface area contributed by atoms with Gasteiger partial charge in [-0.1, -0.05) is 68.8 Å². The maximum absolute atomic E-state index is 15.1. The molecule has 1 spiro atoms. The van der Waals surface area contributed by atoms with Gasteiger partial charge in [0.25, 0.3) is 5.91 Å². The number of likely N-dealkylation sites (tertiary alicyclic amines) is 1. The molecule has 1 N–H and O–H groups in total. The van der Waals surface area contributed by atoms with Crippen LogP contribution in [0.15, 0.2) is 73.8 Å². The zero-order chi connectivity index (χ0) is 31.8. The third kappa shape index (κ3) is 5.10. The molecule has 2 aromatic carbocycles. The maximum Gasteiger partial charge on any atom is 0.251 e. The molecule has 3 saturated heterocycles. The number of hydrogen-bond donors (Lipinski definition) is 1. The van der Waals surface area contributed by atoms with E-state index in [0.29, 0.717) is 13.0 Å². The predicted octanol–water partition coefficient (Wildman–Crippen LogP) is 5.54. The highest BCUT2D eigenvalue weighted by molar-refractivity contribution is 8.02. The summed E-state index contributed by atoms with van der Waals surface area (Å²) in [5.41, 5.74) is 3.50. The number of anilines is 2. The minimum absolute atomic E-state index is 0.0412. The summed E-state index contributed by atoms with van der Waals surface area (Å²) in [4.78, 5) is 49.6. The molecule has 2 bridgehead atoms. The number of carbonyl (C=O) groups is 3. The Morgan fingerprint density at radius 1 is 1.05 bits per heavy atom. The molecular formula is C36H45N3O4S. The number of aliphatic hydroxyl groups is 1. The highest BCUT2D eigenvalue weighted by Gasteiger charge is 2.75. The summed E-state index contributed by atoms with van der Waals surface area (Å²) in [6.07, 6.45) is 5.57. The van der Waals surface area contributed by atoms with Gasteiger partial charge >= 0.3 is 0 Å². The van der Waals surface area contributed by atoms with Crippen molar-refractivity contribution in [2.24, 2.45) is 17.8 Å². The number of benzene rings is 2. The van der Waals surface area contributed by atoms with E-state index in [1.807, 2.05) is 76.2 Å². The molecule has 7 nitrogen and oxygen atoms in total. The molecule has 0 aliphatic carbocycles. The molecule has 3 aliphatic rings. The molecule has 3 aliphatic heterocycles. The molecule has 7 atom stereocenters. The van der Waals surface area contributed by atoms with Crippen LogP contribution >= 0.6 is 11.8 Å². The maximum atomic E-state index is 15.1. The largest absolute Gasteiger partial charge is 0.394 e. The Bertz CT molecular complexity index is 1410. The number of thioether (sulfide) groups is 1. The SMILES string of the molecule is C=CCN(C(=O)[C@@H]1[C@@H]2CCC3(S2)C(C(=O)N(CC=C)c2c(C)cccc2C)N([C@@H](CO)[C@@H](C)CC)C(=O)[C@H]13)c1ccccc1. The van der Waals surface area contributed by atoms with Crippen molar-refractivity contribution in [2.75, 3.05) is 29.5 Å². The molecule has 5 rings (SSSR count). The van der Waals surface area contributed by atoms with Crippen molar-refractivity contribution in [1.29, 1.82) is 0 Å². The van der Waals surface area contributed by atoms with E-state index in [1.54, 1.807) is 38.6 Å². The number of rotatable bonds is 12. The first-order valence-electron chi connectivity index (χ1n) is 15.7. The van der Waals surface area contributed by atoms with Gasteiger partial charge in [-0.15, -0.1) is 24.9 Å². The zero-order valence-corrected chi connectivity index (χ0v) is 27.1. The minimum atomic E-state index is -0.817. The van der Waals surface area contributed by atoms with Crippen LogP contribution in [0, 0.1) is 31.6 Å². The first-order chi connectivity index (χ1) is 21.2. The number of carbonyl (C=O) groups excluding carboxylic acids is 3. The Labute approximate surface area is 266 Å². The smallest absolute Gasteiger partial charge is 0.251 e. The van der Waals surface area contributed by atoms with Crippen LogP contribution in [0.25, 0.3) is 0 Å². The first kappa shape index (κ1) is 32.0. The third-order valence-corrected chi connectivity index (χ3v) is 12.0. The number of nitrogens with zero attached hydrogens (tertiary/aromatic N) is 3. The van der Waals surface area contributed by atoms with E-state index in [4.69, 9.17) is 0 Å². The molecule has 3 fully saturated rings. The average Bonchev–Trinajstić information content (AvgIpc) is 3.67.